The molecule has 0 spiro atoms. The first kappa shape index (κ1) is 29.0. The van der Waals surface area contributed by atoms with Crippen LogP contribution in [0.4, 0.5) is 32.2 Å². The fourth-order valence-electron chi connectivity index (χ4n) is 3.32. The first-order chi connectivity index (χ1) is 17.5. The normalized spacial score (nSPS) is 14.7. The van der Waals surface area contributed by atoms with Gasteiger partial charge in [-0.05, 0) is 25.1 Å². The molecule has 16 heteroatoms. The summed E-state index contributed by atoms with van der Waals surface area (Å²) in [4.78, 5) is 24.8. The molecule has 3 aromatic rings. The smallest absolute Gasteiger partial charge is 0.342 e. The second-order valence-corrected chi connectivity index (χ2v) is 11.5. The van der Waals surface area contributed by atoms with Crippen molar-refractivity contribution in [3.63, 3.8) is 0 Å². The fraction of sp³-hybridized carbons (Fsp3) is 0.409. The first-order valence-corrected chi connectivity index (χ1v) is 12.9. The molecule has 3 rings (SSSR count). The van der Waals surface area contributed by atoms with Crippen molar-refractivity contribution in [2.45, 2.75) is 51.3 Å². The van der Waals surface area contributed by atoms with Crippen molar-refractivity contribution in [1.29, 1.82) is 0 Å². The number of benzene rings is 1. The maximum atomic E-state index is 13.2. The summed E-state index contributed by atoms with van der Waals surface area (Å²) in [6.07, 6.45) is -7.94. The van der Waals surface area contributed by atoms with Crippen molar-refractivity contribution in [1.82, 2.24) is 30.0 Å². The summed E-state index contributed by atoms with van der Waals surface area (Å²) in [6.45, 7) is 6.67. The maximum absolute atomic E-state index is 13.2. The number of hydrogen-bond donors (Lipinski definition) is 1. The van der Waals surface area contributed by atoms with Gasteiger partial charge in [-0.15, -0.1) is 0 Å². The molecule has 38 heavy (non-hydrogen) atoms. The highest BCUT2D eigenvalue weighted by molar-refractivity contribution is 7.94. The van der Waals surface area contributed by atoms with Gasteiger partial charge >= 0.3 is 12.4 Å². The summed E-state index contributed by atoms with van der Waals surface area (Å²) >= 11 is 0. The number of nitrogens with zero attached hydrogens (tertiary/aromatic N) is 6. The summed E-state index contributed by atoms with van der Waals surface area (Å²) in [5.74, 6) is -0.606. The SMILES string of the molecule is CCS(=O)(=Nc1cc(-n2ncnc2[C@H](C)NC(=O)c2cc(C(F)(F)F)cc(C(F)(F)F)c2)ncn1)C(C)C. The molecular weight excluding hydrogens is 540 g/mol. The lowest BCUT2D eigenvalue weighted by Gasteiger charge is -2.17. The highest BCUT2D eigenvalue weighted by atomic mass is 32.2. The zero-order valence-corrected chi connectivity index (χ0v) is 21.3. The number of carbonyl (C=O) groups excluding carboxylic acids is 1. The zero-order chi connectivity index (χ0) is 28.5. The van der Waals surface area contributed by atoms with Gasteiger partial charge in [-0.2, -0.15) is 40.5 Å². The molecule has 0 bridgehead atoms. The largest absolute Gasteiger partial charge is 0.416 e. The van der Waals surface area contributed by atoms with Crippen LogP contribution in [0.1, 0.15) is 61.0 Å². The molecule has 0 saturated carbocycles. The third kappa shape index (κ3) is 6.46. The van der Waals surface area contributed by atoms with Gasteiger partial charge < -0.3 is 5.32 Å². The number of carbonyl (C=O) groups is 1. The summed E-state index contributed by atoms with van der Waals surface area (Å²) < 4.78 is 97.4. The molecular formula is C22H23F6N7O2S. The van der Waals surface area contributed by atoms with Crippen molar-refractivity contribution in [2.75, 3.05) is 5.75 Å². The predicted octanol–water partition coefficient (Wildman–Crippen LogP) is 5.11. The number of aromatic nitrogens is 5. The number of hydrogen-bond acceptors (Lipinski definition) is 7. The molecule has 2 atom stereocenters. The molecule has 0 fully saturated rings. The molecule has 1 aromatic carbocycles. The minimum atomic E-state index is -5.10. The Kier molecular flexibility index (Phi) is 8.14. The molecule has 0 aliphatic rings. The molecule has 9 nitrogen and oxygen atoms in total. The summed E-state index contributed by atoms with van der Waals surface area (Å²) in [5.41, 5.74) is -4.07. The summed E-state index contributed by atoms with van der Waals surface area (Å²) in [5, 5.41) is 6.11. The van der Waals surface area contributed by atoms with E-state index < -0.39 is 50.7 Å². The third-order valence-corrected chi connectivity index (χ3v) is 8.21. The Balaban J connectivity index is 1.94. The molecule has 0 aliphatic heterocycles. The molecule has 1 unspecified atom stereocenters. The lowest BCUT2D eigenvalue weighted by Crippen LogP contribution is -2.29. The Morgan fingerprint density at radius 2 is 1.58 bits per heavy atom. The minimum Gasteiger partial charge on any atom is -0.342 e. The van der Waals surface area contributed by atoms with E-state index in [0.29, 0.717) is 12.1 Å². The van der Waals surface area contributed by atoms with Crippen molar-refractivity contribution in [2.24, 2.45) is 4.36 Å². The molecule has 2 heterocycles. The van der Waals surface area contributed by atoms with Gasteiger partial charge in [-0.3, -0.25) is 4.79 Å². The zero-order valence-electron chi connectivity index (χ0n) is 20.5. The molecule has 0 aliphatic carbocycles. The van der Waals surface area contributed by atoms with Crippen LogP contribution in [0.2, 0.25) is 0 Å². The Labute approximate surface area is 213 Å². The Morgan fingerprint density at radius 3 is 2.11 bits per heavy atom. The van der Waals surface area contributed by atoms with Gasteiger partial charge in [0.15, 0.2) is 17.5 Å². The van der Waals surface area contributed by atoms with Crippen LogP contribution in [-0.2, 0) is 22.1 Å². The van der Waals surface area contributed by atoms with Crippen LogP contribution in [-0.4, -0.2) is 45.9 Å². The molecule has 2 aromatic heterocycles. The van der Waals surface area contributed by atoms with E-state index in [9.17, 15) is 35.3 Å². The van der Waals surface area contributed by atoms with Gasteiger partial charge in [0.05, 0.1) is 26.9 Å². The van der Waals surface area contributed by atoms with E-state index in [0.717, 1.165) is 12.7 Å². The monoisotopic (exact) mass is 563 g/mol. The standard InChI is InChI=1S/C22H23F6N7O2S/c1-5-38(37,12(2)3)34-17-9-18(30-10-29-17)35-19(31-11-32-35)13(4)33-20(36)14-6-15(21(23,24)25)8-16(7-14)22(26,27)28/h6-13H,5H2,1-4H3,(H,33,36)/t13-,38?/m0/s1. The van der Waals surface area contributed by atoms with Gasteiger partial charge in [-0.1, -0.05) is 20.8 Å². The van der Waals surface area contributed by atoms with Crippen LogP contribution >= 0.6 is 0 Å². The molecule has 206 valence electrons. The van der Waals surface area contributed by atoms with Crippen molar-refractivity contribution < 1.29 is 35.3 Å². The number of rotatable bonds is 7. The molecule has 0 radical (unpaired) electrons. The first-order valence-electron chi connectivity index (χ1n) is 11.1. The highest BCUT2D eigenvalue weighted by Crippen LogP contribution is 2.36. The van der Waals surface area contributed by atoms with Crippen molar-refractivity contribution >= 4 is 21.5 Å². The summed E-state index contributed by atoms with van der Waals surface area (Å²) in [7, 11) is -2.61. The fourth-order valence-corrected chi connectivity index (χ4v) is 4.74. The topological polar surface area (TPSA) is 115 Å². The number of halogens is 6. The maximum Gasteiger partial charge on any atom is 0.416 e. The van der Waals surface area contributed by atoms with E-state index in [1.807, 2.05) is 0 Å². The second-order valence-electron chi connectivity index (χ2n) is 8.37. The lowest BCUT2D eigenvalue weighted by atomic mass is 10.0. The number of nitrogens with one attached hydrogen (secondary N) is 1. The van der Waals surface area contributed by atoms with E-state index in [2.05, 4.69) is 29.7 Å². The predicted molar refractivity (Wildman–Crippen MR) is 125 cm³/mol. The van der Waals surface area contributed by atoms with Crippen LogP contribution < -0.4 is 5.32 Å². The van der Waals surface area contributed by atoms with Crippen LogP contribution in [0, 0.1) is 0 Å². The van der Waals surface area contributed by atoms with E-state index in [-0.39, 0.29) is 34.5 Å². The van der Waals surface area contributed by atoms with Crippen LogP contribution in [0.5, 0.6) is 0 Å². The highest BCUT2D eigenvalue weighted by Gasteiger charge is 2.37. The second kappa shape index (κ2) is 10.7. The Morgan fingerprint density at radius 1 is 0.974 bits per heavy atom. The van der Waals surface area contributed by atoms with Gasteiger partial charge in [-0.25, -0.2) is 19.2 Å². The molecule has 1 amide bonds. The van der Waals surface area contributed by atoms with Gasteiger partial charge in [0.1, 0.15) is 12.7 Å². The average molecular weight is 564 g/mol. The van der Waals surface area contributed by atoms with Gasteiger partial charge in [0, 0.05) is 22.6 Å². The number of alkyl halides is 6. The molecule has 0 saturated heterocycles. The van der Waals surface area contributed by atoms with Crippen molar-refractivity contribution in [3.8, 4) is 5.82 Å². The Bertz CT molecular complexity index is 1410. The lowest BCUT2D eigenvalue weighted by molar-refractivity contribution is -0.143. The van der Waals surface area contributed by atoms with E-state index >= 15 is 0 Å². The third-order valence-electron chi connectivity index (χ3n) is 5.41. The Hall–Kier alpha value is -3.56. The quantitative estimate of drug-likeness (QED) is 0.400. The van der Waals surface area contributed by atoms with Gasteiger partial charge in [0.2, 0.25) is 0 Å². The number of amides is 1. The minimum absolute atomic E-state index is 0.0612. The van der Waals surface area contributed by atoms with E-state index in [4.69, 9.17) is 0 Å². The van der Waals surface area contributed by atoms with E-state index in [1.165, 1.54) is 17.7 Å². The van der Waals surface area contributed by atoms with Crippen LogP contribution in [0.25, 0.3) is 5.82 Å². The summed E-state index contributed by atoms with van der Waals surface area (Å²) in [6, 6.07) is 0.956. The van der Waals surface area contributed by atoms with Crippen LogP contribution in [0.3, 0.4) is 0 Å². The van der Waals surface area contributed by atoms with Gasteiger partial charge in [0.25, 0.3) is 5.91 Å². The molecule has 1 N–H and O–H groups in total. The van der Waals surface area contributed by atoms with Crippen LogP contribution in [0.15, 0.2) is 41.3 Å². The van der Waals surface area contributed by atoms with E-state index in [1.54, 1.807) is 20.8 Å². The van der Waals surface area contributed by atoms with Crippen molar-refractivity contribution in [3.05, 3.63) is 59.4 Å². The average Bonchev–Trinajstić information content (AvgIpc) is 3.33.